The van der Waals surface area contributed by atoms with Gasteiger partial charge < -0.3 is 19.7 Å². The lowest BCUT2D eigenvalue weighted by Gasteiger charge is -2.26. The van der Waals surface area contributed by atoms with Gasteiger partial charge in [-0.15, -0.1) is 0 Å². The van der Waals surface area contributed by atoms with Gasteiger partial charge in [-0.3, -0.25) is 0 Å². The van der Waals surface area contributed by atoms with E-state index in [1.165, 1.54) is 0 Å². The summed E-state index contributed by atoms with van der Waals surface area (Å²) in [5, 5.41) is 3.17. The van der Waals surface area contributed by atoms with Crippen LogP contribution in [0.5, 0.6) is 6.01 Å². The first-order valence-corrected chi connectivity index (χ1v) is 6.79. The predicted molar refractivity (Wildman–Crippen MR) is 72.8 cm³/mol. The van der Waals surface area contributed by atoms with Gasteiger partial charge in [-0.1, -0.05) is 6.92 Å². The standard InChI is InChI=1S/C12H21N5O2/c1-3-5-13-10-14-11(16-12(15-10)19-4-2)17-6-8-18-9-7-17/h3-9H2,1-2H3,(H,13,14,15,16). The molecule has 0 radical (unpaired) electrons. The number of aromatic nitrogens is 3. The van der Waals surface area contributed by atoms with Crippen LogP contribution in [0.2, 0.25) is 0 Å². The van der Waals surface area contributed by atoms with Crippen LogP contribution >= 0.6 is 0 Å². The molecular formula is C12H21N5O2. The molecule has 1 aliphatic heterocycles. The van der Waals surface area contributed by atoms with Gasteiger partial charge >= 0.3 is 6.01 Å². The van der Waals surface area contributed by atoms with Crippen molar-refractivity contribution in [1.82, 2.24) is 15.0 Å². The van der Waals surface area contributed by atoms with Gasteiger partial charge in [0.1, 0.15) is 0 Å². The van der Waals surface area contributed by atoms with E-state index in [0.717, 1.165) is 26.1 Å². The quantitative estimate of drug-likeness (QED) is 0.822. The Morgan fingerprint density at radius 3 is 2.68 bits per heavy atom. The van der Waals surface area contributed by atoms with Crippen molar-refractivity contribution in [3.63, 3.8) is 0 Å². The monoisotopic (exact) mass is 267 g/mol. The number of nitrogens with one attached hydrogen (secondary N) is 1. The number of morpholine rings is 1. The second kappa shape index (κ2) is 7.08. The minimum atomic E-state index is 0.373. The molecule has 0 saturated carbocycles. The molecular weight excluding hydrogens is 246 g/mol. The maximum absolute atomic E-state index is 5.40. The topological polar surface area (TPSA) is 72.4 Å². The number of hydrogen-bond acceptors (Lipinski definition) is 7. The molecule has 0 unspecified atom stereocenters. The summed E-state index contributed by atoms with van der Waals surface area (Å²) in [6.45, 7) is 8.38. The predicted octanol–water partition coefficient (Wildman–Crippen LogP) is 0.929. The highest BCUT2D eigenvalue weighted by molar-refractivity contribution is 5.38. The third-order valence-electron chi connectivity index (χ3n) is 2.70. The van der Waals surface area contributed by atoms with Gasteiger partial charge in [0.25, 0.3) is 0 Å². The molecule has 0 spiro atoms. The normalized spacial score (nSPS) is 15.4. The number of hydrogen-bond donors (Lipinski definition) is 1. The smallest absolute Gasteiger partial charge is 0.323 e. The van der Waals surface area contributed by atoms with E-state index in [1.54, 1.807) is 0 Å². The Kier molecular flexibility index (Phi) is 5.14. The van der Waals surface area contributed by atoms with Gasteiger partial charge in [0.2, 0.25) is 11.9 Å². The molecule has 1 aromatic heterocycles. The molecule has 19 heavy (non-hydrogen) atoms. The maximum Gasteiger partial charge on any atom is 0.323 e. The zero-order valence-corrected chi connectivity index (χ0v) is 11.6. The highest BCUT2D eigenvalue weighted by Gasteiger charge is 2.16. The van der Waals surface area contributed by atoms with Gasteiger partial charge in [0.15, 0.2) is 0 Å². The van der Waals surface area contributed by atoms with Crippen LogP contribution in [0.15, 0.2) is 0 Å². The second-order valence-electron chi connectivity index (χ2n) is 4.20. The minimum Gasteiger partial charge on any atom is -0.464 e. The van der Waals surface area contributed by atoms with Gasteiger partial charge in [0, 0.05) is 19.6 Å². The lowest BCUT2D eigenvalue weighted by Crippen LogP contribution is -2.37. The Labute approximate surface area is 113 Å². The molecule has 1 fully saturated rings. The van der Waals surface area contributed by atoms with E-state index in [1.807, 2.05) is 6.92 Å². The summed E-state index contributed by atoms with van der Waals surface area (Å²) in [6.07, 6.45) is 1.02. The summed E-state index contributed by atoms with van der Waals surface area (Å²) >= 11 is 0. The molecule has 1 aromatic rings. The number of rotatable bonds is 6. The van der Waals surface area contributed by atoms with Crippen molar-refractivity contribution in [1.29, 1.82) is 0 Å². The second-order valence-corrected chi connectivity index (χ2v) is 4.20. The van der Waals surface area contributed by atoms with Gasteiger partial charge in [-0.25, -0.2) is 0 Å². The average molecular weight is 267 g/mol. The van der Waals surface area contributed by atoms with Crippen molar-refractivity contribution >= 4 is 11.9 Å². The average Bonchev–Trinajstić information content (AvgIpc) is 2.46. The van der Waals surface area contributed by atoms with Crippen LogP contribution in [0.3, 0.4) is 0 Å². The Morgan fingerprint density at radius 1 is 1.21 bits per heavy atom. The molecule has 0 amide bonds. The zero-order valence-electron chi connectivity index (χ0n) is 11.6. The lowest BCUT2D eigenvalue weighted by atomic mass is 10.4. The number of anilines is 2. The summed E-state index contributed by atoms with van der Waals surface area (Å²) in [5.74, 6) is 1.22. The third-order valence-corrected chi connectivity index (χ3v) is 2.70. The van der Waals surface area contributed by atoms with Crippen molar-refractivity contribution in [3.8, 4) is 6.01 Å². The SMILES string of the molecule is CCCNc1nc(OCC)nc(N2CCOCC2)n1. The Hall–Kier alpha value is -1.63. The summed E-state index contributed by atoms with van der Waals surface area (Å²) < 4.78 is 10.7. The van der Waals surface area contributed by atoms with E-state index in [2.05, 4.69) is 32.1 Å². The molecule has 7 heteroatoms. The minimum absolute atomic E-state index is 0.373. The molecule has 0 aromatic carbocycles. The number of ether oxygens (including phenoxy) is 2. The fraction of sp³-hybridized carbons (Fsp3) is 0.750. The first kappa shape index (κ1) is 13.8. The Bertz CT molecular complexity index is 396. The van der Waals surface area contributed by atoms with Crippen molar-refractivity contribution in [2.75, 3.05) is 49.7 Å². The zero-order chi connectivity index (χ0) is 13.5. The highest BCUT2D eigenvalue weighted by Crippen LogP contribution is 2.16. The lowest BCUT2D eigenvalue weighted by molar-refractivity contribution is 0.122. The molecule has 1 aliphatic rings. The fourth-order valence-electron chi connectivity index (χ4n) is 1.76. The molecule has 1 N–H and O–H groups in total. The Balaban J connectivity index is 2.17. The van der Waals surface area contributed by atoms with Gasteiger partial charge in [0.05, 0.1) is 19.8 Å². The van der Waals surface area contributed by atoms with Crippen LogP contribution in [0.25, 0.3) is 0 Å². The summed E-state index contributed by atoms with van der Waals surface area (Å²) in [6, 6.07) is 0.373. The van der Waals surface area contributed by atoms with Gasteiger partial charge in [-0.05, 0) is 13.3 Å². The van der Waals surface area contributed by atoms with Crippen molar-refractivity contribution in [3.05, 3.63) is 0 Å². The van der Waals surface area contributed by atoms with Crippen molar-refractivity contribution in [2.24, 2.45) is 0 Å². The molecule has 2 heterocycles. The van der Waals surface area contributed by atoms with Crippen LogP contribution in [-0.2, 0) is 4.74 Å². The molecule has 0 aliphatic carbocycles. The van der Waals surface area contributed by atoms with Crippen molar-refractivity contribution < 1.29 is 9.47 Å². The maximum atomic E-state index is 5.40. The van der Waals surface area contributed by atoms with E-state index < -0.39 is 0 Å². The van der Waals surface area contributed by atoms with Gasteiger partial charge in [-0.2, -0.15) is 15.0 Å². The van der Waals surface area contributed by atoms with E-state index in [0.29, 0.717) is 37.7 Å². The first-order chi connectivity index (χ1) is 9.33. The van der Waals surface area contributed by atoms with Crippen LogP contribution in [-0.4, -0.2) is 54.4 Å². The molecule has 106 valence electrons. The Morgan fingerprint density at radius 2 is 2.00 bits per heavy atom. The molecule has 0 bridgehead atoms. The first-order valence-electron chi connectivity index (χ1n) is 6.79. The molecule has 1 saturated heterocycles. The number of nitrogens with zero attached hydrogens (tertiary/aromatic N) is 4. The van der Waals surface area contributed by atoms with E-state index >= 15 is 0 Å². The fourth-order valence-corrected chi connectivity index (χ4v) is 1.76. The van der Waals surface area contributed by atoms with Crippen LogP contribution in [0.4, 0.5) is 11.9 Å². The third kappa shape index (κ3) is 3.92. The summed E-state index contributed by atoms with van der Waals surface area (Å²) in [7, 11) is 0. The molecule has 0 atom stereocenters. The summed E-state index contributed by atoms with van der Waals surface area (Å²) in [5.41, 5.74) is 0. The van der Waals surface area contributed by atoms with Crippen LogP contribution in [0, 0.1) is 0 Å². The summed E-state index contributed by atoms with van der Waals surface area (Å²) in [4.78, 5) is 15.1. The van der Waals surface area contributed by atoms with Crippen LogP contribution < -0.4 is 15.0 Å². The van der Waals surface area contributed by atoms with Crippen molar-refractivity contribution in [2.45, 2.75) is 20.3 Å². The van der Waals surface area contributed by atoms with E-state index in [-0.39, 0.29) is 0 Å². The largest absolute Gasteiger partial charge is 0.464 e. The molecule has 2 rings (SSSR count). The van der Waals surface area contributed by atoms with Crippen LogP contribution in [0.1, 0.15) is 20.3 Å². The molecule has 7 nitrogen and oxygen atoms in total. The highest BCUT2D eigenvalue weighted by atomic mass is 16.5. The van der Waals surface area contributed by atoms with E-state index in [4.69, 9.17) is 9.47 Å². The van der Waals surface area contributed by atoms with E-state index in [9.17, 15) is 0 Å².